The van der Waals surface area contributed by atoms with Gasteiger partial charge in [-0.25, -0.2) is 9.37 Å². The lowest BCUT2D eigenvalue weighted by Crippen LogP contribution is -2.27. The van der Waals surface area contributed by atoms with E-state index in [1.165, 1.54) is 29.5 Å². The number of thioether (sulfide) groups is 1. The lowest BCUT2D eigenvalue weighted by atomic mass is 10.1. The summed E-state index contributed by atoms with van der Waals surface area (Å²) in [5.74, 6) is 0.0291. The summed E-state index contributed by atoms with van der Waals surface area (Å²) in [6, 6.07) is 16.5. The quantitative estimate of drug-likeness (QED) is 0.618. The van der Waals surface area contributed by atoms with Gasteiger partial charge in [0.25, 0.3) is 0 Å². The van der Waals surface area contributed by atoms with Gasteiger partial charge in [-0.1, -0.05) is 54.2 Å². The Morgan fingerprint density at radius 2 is 1.85 bits per heavy atom. The van der Waals surface area contributed by atoms with E-state index in [2.05, 4.69) is 22.4 Å². The number of imidazole rings is 1. The average molecular weight is 369 g/mol. The summed E-state index contributed by atoms with van der Waals surface area (Å²) < 4.78 is 14.9. The van der Waals surface area contributed by atoms with Crippen molar-refractivity contribution >= 4 is 17.7 Å². The van der Waals surface area contributed by atoms with Crippen LogP contribution in [0.1, 0.15) is 11.1 Å². The van der Waals surface area contributed by atoms with Crippen LogP contribution in [0.5, 0.6) is 0 Å². The fourth-order valence-electron chi connectivity index (χ4n) is 2.51. The number of aromatic nitrogens is 2. The Labute approximate surface area is 156 Å². The Morgan fingerprint density at radius 3 is 2.62 bits per heavy atom. The molecule has 3 aromatic rings. The number of nitrogens with one attached hydrogen (secondary N) is 1. The molecule has 0 unspecified atom stereocenters. The van der Waals surface area contributed by atoms with Crippen molar-refractivity contribution in [1.29, 1.82) is 0 Å². The van der Waals surface area contributed by atoms with E-state index in [0.717, 1.165) is 17.3 Å². The summed E-state index contributed by atoms with van der Waals surface area (Å²) in [5, 5.41) is 3.71. The minimum Gasteiger partial charge on any atom is -0.355 e. The lowest BCUT2D eigenvalue weighted by molar-refractivity contribution is -0.118. The van der Waals surface area contributed by atoms with Crippen LogP contribution in [0.15, 0.2) is 72.1 Å². The molecule has 0 aliphatic heterocycles. The van der Waals surface area contributed by atoms with Crippen LogP contribution in [0, 0.1) is 5.82 Å². The molecular formula is C20H20FN3OS. The number of benzene rings is 2. The zero-order chi connectivity index (χ0) is 18.2. The second-order valence-corrected chi connectivity index (χ2v) is 6.78. The maximum Gasteiger partial charge on any atom is 0.230 e. The Balaban J connectivity index is 1.43. The molecule has 1 N–H and O–H groups in total. The molecule has 134 valence electrons. The van der Waals surface area contributed by atoms with Crippen LogP contribution in [0.3, 0.4) is 0 Å². The molecular weight excluding hydrogens is 349 g/mol. The van der Waals surface area contributed by atoms with Gasteiger partial charge in [0.15, 0.2) is 5.16 Å². The highest BCUT2D eigenvalue weighted by molar-refractivity contribution is 7.99. The standard InChI is InChI=1S/C20H20FN3OS/c21-18-8-6-16(7-9-18)10-11-22-19(25)15-26-20-23-12-13-24(20)14-17-4-2-1-3-5-17/h1-9,12-13H,10-11,14-15H2,(H,22,25). The first-order valence-electron chi connectivity index (χ1n) is 8.40. The topological polar surface area (TPSA) is 46.9 Å². The van der Waals surface area contributed by atoms with Gasteiger partial charge in [-0.15, -0.1) is 0 Å². The molecule has 0 fully saturated rings. The molecule has 0 bridgehead atoms. The molecule has 1 aromatic heterocycles. The van der Waals surface area contributed by atoms with Gasteiger partial charge in [-0.3, -0.25) is 4.79 Å². The number of carbonyl (C=O) groups is 1. The molecule has 2 aromatic carbocycles. The van der Waals surface area contributed by atoms with Crippen molar-refractivity contribution in [2.45, 2.75) is 18.1 Å². The number of carbonyl (C=O) groups excluding carboxylic acids is 1. The smallest absolute Gasteiger partial charge is 0.230 e. The summed E-state index contributed by atoms with van der Waals surface area (Å²) >= 11 is 1.42. The molecule has 0 aliphatic rings. The van der Waals surface area contributed by atoms with Crippen molar-refractivity contribution in [3.05, 3.63) is 83.9 Å². The number of amides is 1. The zero-order valence-electron chi connectivity index (χ0n) is 14.3. The Hall–Kier alpha value is -2.60. The van der Waals surface area contributed by atoms with E-state index in [9.17, 15) is 9.18 Å². The molecule has 3 rings (SSSR count). The van der Waals surface area contributed by atoms with E-state index in [1.54, 1.807) is 18.3 Å². The Kier molecular flexibility index (Phi) is 6.44. The lowest BCUT2D eigenvalue weighted by Gasteiger charge is -2.08. The number of rotatable bonds is 8. The van der Waals surface area contributed by atoms with Crippen LogP contribution in [0.25, 0.3) is 0 Å². The predicted octanol–water partition coefficient (Wildman–Crippen LogP) is 3.52. The van der Waals surface area contributed by atoms with Gasteiger partial charge in [0.2, 0.25) is 5.91 Å². The van der Waals surface area contributed by atoms with Crippen LogP contribution in [0.2, 0.25) is 0 Å². The third-order valence-corrected chi connectivity index (χ3v) is 4.86. The predicted molar refractivity (Wildman–Crippen MR) is 102 cm³/mol. The molecule has 1 amide bonds. The van der Waals surface area contributed by atoms with Crippen molar-refractivity contribution in [1.82, 2.24) is 14.9 Å². The number of hydrogen-bond donors (Lipinski definition) is 1. The molecule has 6 heteroatoms. The molecule has 0 radical (unpaired) electrons. The van der Waals surface area contributed by atoms with Gasteiger partial charge in [-0.05, 0) is 29.7 Å². The van der Waals surface area contributed by atoms with Crippen molar-refractivity contribution in [3.63, 3.8) is 0 Å². The monoisotopic (exact) mass is 369 g/mol. The molecule has 0 spiro atoms. The fourth-order valence-corrected chi connectivity index (χ4v) is 3.30. The first-order chi connectivity index (χ1) is 12.7. The summed E-state index contributed by atoms with van der Waals surface area (Å²) in [6.45, 7) is 1.26. The van der Waals surface area contributed by atoms with Crippen molar-refractivity contribution in [3.8, 4) is 0 Å². The van der Waals surface area contributed by atoms with Crippen LogP contribution >= 0.6 is 11.8 Å². The van der Waals surface area contributed by atoms with E-state index in [1.807, 2.05) is 29.0 Å². The Morgan fingerprint density at radius 1 is 1.08 bits per heavy atom. The second-order valence-electron chi connectivity index (χ2n) is 5.84. The third kappa shape index (κ3) is 5.46. The van der Waals surface area contributed by atoms with E-state index >= 15 is 0 Å². The normalized spacial score (nSPS) is 10.7. The summed E-state index contributed by atoms with van der Waals surface area (Å²) in [6.07, 6.45) is 4.35. The molecule has 4 nitrogen and oxygen atoms in total. The fraction of sp³-hybridized carbons (Fsp3) is 0.200. The largest absolute Gasteiger partial charge is 0.355 e. The van der Waals surface area contributed by atoms with E-state index in [4.69, 9.17) is 0 Å². The van der Waals surface area contributed by atoms with Gasteiger partial charge in [0.05, 0.1) is 5.75 Å². The average Bonchev–Trinajstić information content (AvgIpc) is 3.09. The van der Waals surface area contributed by atoms with Gasteiger partial charge >= 0.3 is 0 Å². The van der Waals surface area contributed by atoms with Crippen molar-refractivity contribution < 1.29 is 9.18 Å². The van der Waals surface area contributed by atoms with Gasteiger partial charge in [0.1, 0.15) is 5.82 Å². The van der Waals surface area contributed by atoms with E-state index in [0.29, 0.717) is 18.7 Å². The summed E-state index contributed by atoms with van der Waals surface area (Å²) in [4.78, 5) is 16.4. The van der Waals surface area contributed by atoms with Crippen LogP contribution in [-0.2, 0) is 17.8 Å². The molecule has 0 atom stereocenters. The van der Waals surface area contributed by atoms with E-state index < -0.39 is 0 Å². The van der Waals surface area contributed by atoms with Crippen LogP contribution < -0.4 is 5.32 Å². The zero-order valence-corrected chi connectivity index (χ0v) is 15.1. The SMILES string of the molecule is O=C(CSc1nccn1Cc1ccccc1)NCCc1ccc(F)cc1. The molecule has 0 aliphatic carbocycles. The molecule has 0 saturated heterocycles. The number of hydrogen-bond acceptors (Lipinski definition) is 3. The third-order valence-electron chi connectivity index (χ3n) is 3.85. The van der Waals surface area contributed by atoms with Crippen molar-refractivity contribution in [2.75, 3.05) is 12.3 Å². The highest BCUT2D eigenvalue weighted by atomic mass is 32.2. The number of halogens is 1. The molecule has 0 saturated carbocycles. The van der Waals surface area contributed by atoms with Gasteiger partial charge in [-0.2, -0.15) is 0 Å². The van der Waals surface area contributed by atoms with Crippen LogP contribution in [0.4, 0.5) is 4.39 Å². The highest BCUT2D eigenvalue weighted by Crippen LogP contribution is 2.17. The molecule has 1 heterocycles. The van der Waals surface area contributed by atoms with E-state index in [-0.39, 0.29) is 11.7 Å². The maximum atomic E-state index is 12.9. The minimum absolute atomic E-state index is 0.0358. The van der Waals surface area contributed by atoms with Gasteiger partial charge < -0.3 is 9.88 Å². The van der Waals surface area contributed by atoms with Crippen molar-refractivity contribution in [2.24, 2.45) is 0 Å². The number of nitrogens with zero attached hydrogens (tertiary/aromatic N) is 2. The summed E-state index contributed by atoms with van der Waals surface area (Å²) in [7, 11) is 0. The highest BCUT2D eigenvalue weighted by Gasteiger charge is 2.08. The molecule has 26 heavy (non-hydrogen) atoms. The van der Waals surface area contributed by atoms with Gasteiger partial charge in [0, 0.05) is 25.5 Å². The summed E-state index contributed by atoms with van der Waals surface area (Å²) in [5.41, 5.74) is 2.19. The maximum absolute atomic E-state index is 12.9. The second kappa shape index (κ2) is 9.20. The minimum atomic E-state index is -0.250. The first-order valence-corrected chi connectivity index (χ1v) is 9.38. The first kappa shape index (κ1) is 18.2. The van der Waals surface area contributed by atoms with Crippen LogP contribution in [-0.4, -0.2) is 27.8 Å². The Bertz CT molecular complexity index is 834.